The molecule has 3 amide bonds. The van der Waals surface area contributed by atoms with Gasteiger partial charge < -0.3 is 15.5 Å². The molecule has 0 saturated carbocycles. The molecule has 1 fully saturated rings. The summed E-state index contributed by atoms with van der Waals surface area (Å²) in [6, 6.07) is 6.01. The highest BCUT2D eigenvalue weighted by atomic mass is 19.1. The summed E-state index contributed by atoms with van der Waals surface area (Å²) in [6.45, 7) is 5.05. The first-order chi connectivity index (χ1) is 10.4. The van der Waals surface area contributed by atoms with Crippen molar-refractivity contribution in [1.82, 2.24) is 15.5 Å². The van der Waals surface area contributed by atoms with E-state index >= 15 is 0 Å². The van der Waals surface area contributed by atoms with Crippen LogP contribution in [0.2, 0.25) is 0 Å². The lowest BCUT2D eigenvalue weighted by Crippen LogP contribution is -2.51. The first kappa shape index (κ1) is 16.3. The van der Waals surface area contributed by atoms with Crippen molar-refractivity contribution in [3.05, 3.63) is 35.6 Å². The second kappa shape index (κ2) is 6.77. The average molecular weight is 307 g/mol. The smallest absolute Gasteiger partial charge is 0.317 e. The third-order valence-corrected chi connectivity index (χ3v) is 3.91. The molecule has 2 N–H and O–H groups in total. The number of hydrogen-bond donors (Lipinski definition) is 2. The summed E-state index contributed by atoms with van der Waals surface area (Å²) < 4.78 is 13.2. The molecule has 1 aliphatic rings. The van der Waals surface area contributed by atoms with Gasteiger partial charge in [0.25, 0.3) is 0 Å². The molecule has 0 bridgehead atoms. The lowest BCUT2D eigenvalue weighted by Gasteiger charge is -2.27. The Labute approximate surface area is 129 Å². The largest absolute Gasteiger partial charge is 0.349 e. The summed E-state index contributed by atoms with van der Waals surface area (Å²) in [5.74, 6) is -0.293. The van der Waals surface area contributed by atoms with Crippen molar-refractivity contribution in [3.63, 3.8) is 0 Å². The Kier molecular flexibility index (Phi) is 5.00. The van der Waals surface area contributed by atoms with Gasteiger partial charge in [-0.1, -0.05) is 12.1 Å². The predicted octanol–water partition coefficient (Wildman–Crippen LogP) is 2.03. The van der Waals surface area contributed by atoms with Crippen LogP contribution >= 0.6 is 0 Å². The first-order valence-corrected chi connectivity index (χ1v) is 7.50. The summed E-state index contributed by atoms with van der Waals surface area (Å²) in [5, 5.41) is 5.73. The van der Waals surface area contributed by atoms with Crippen LogP contribution in [-0.4, -0.2) is 35.5 Å². The second-order valence-corrected chi connectivity index (χ2v) is 5.91. The third kappa shape index (κ3) is 4.19. The SMILES string of the molecule is CCN(Cc1cccc(F)c1)C(=O)NCC1(C)CCC(=O)N1. The van der Waals surface area contributed by atoms with Gasteiger partial charge in [0.05, 0.1) is 5.54 Å². The summed E-state index contributed by atoms with van der Waals surface area (Å²) in [7, 11) is 0. The van der Waals surface area contributed by atoms with Gasteiger partial charge in [0.1, 0.15) is 5.82 Å². The van der Waals surface area contributed by atoms with Crippen molar-refractivity contribution >= 4 is 11.9 Å². The van der Waals surface area contributed by atoms with Crippen LogP contribution in [0.3, 0.4) is 0 Å². The molecule has 5 nitrogen and oxygen atoms in total. The maximum Gasteiger partial charge on any atom is 0.317 e. The molecule has 22 heavy (non-hydrogen) atoms. The first-order valence-electron chi connectivity index (χ1n) is 7.50. The quantitative estimate of drug-likeness (QED) is 0.874. The maximum atomic E-state index is 13.2. The molecule has 1 saturated heterocycles. The highest BCUT2D eigenvalue weighted by molar-refractivity contribution is 5.80. The maximum absolute atomic E-state index is 13.2. The Morgan fingerprint density at radius 2 is 2.27 bits per heavy atom. The van der Waals surface area contributed by atoms with Gasteiger partial charge in [0.2, 0.25) is 5.91 Å². The summed E-state index contributed by atoms with van der Waals surface area (Å²) in [4.78, 5) is 25.2. The predicted molar refractivity (Wildman–Crippen MR) is 81.7 cm³/mol. The topological polar surface area (TPSA) is 61.4 Å². The summed E-state index contributed by atoms with van der Waals surface area (Å²) in [5.41, 5.74) is 0.364. The van der Waals surface area contributed by atoms with Crippen molar-refractivity contribution in [1.29, 1.82) is 0 Å². The second-order valence-electron chi connectivity index (χ2n) is 5.91. The van der Waals surface area contributed by atoms with Crippen molar-refractivity contribution in [2.45, 2.75) is 38.8 Å². The van der Waals surface area contributed by atoms with Gasteiger partial charge in [0, 0.05) is 26.1 Å². The van der Waals surface area contributed by atoms with E-state index in [1.807, 2.05) is 13.8 Å². The highest BCUT2D eigenvalue weighted by Gasteiger charge is 2.33. The van der Waals surface area contributed by atoms with Crippen LogP contribution in [0.5, 0.6) is 0 Å². The van der Waals surface area contributed by atoms with Crippen molar-refractivity contribution in [2.24, 2.45) is 0 Å². The van der Waals surface area contributed by atoms with E-state index in [2.05, 4.69) is 10.6 Å². The number of halogens is 1. The van der Waals surface area contributed by atoms with E-state index in [9.17, 15) is 14.0 Å². The van der Waals surface area contributed by atoms with Crippen LogP contribution in [0.25, 0.3) is 0 Å². The molecule has 1 aromatic carbocycles. The van der Waals surface area contributed by atoms with Crippen LogP contribution in [0.4, 0.5) is 9.18 Å². The fraction of sp³-hybridized carbons (Fsp3) is 0.500. The van der Waals surface area contributed by atoms with E-state index in [1.54, 1.807) is 17.0 Å². The van der Waals surface area contributed by atoms with E-state index in [0.717, 1.165) is 5.56 Å². The molecule has 0 aromatic heterocycles. The zero-order valence-electron chi connectivity index (χ0n) is 13.0. The highest BCUT2D eigenvalue weighted by Crippen LogP contribution is 2.18. The average Bonchev–Trinajstić information content (AvgIpc) is 2.82. The fourth-order valence-electron chi connectivity index (χ4n) is 2.55. The molecule has 0 spiro atoms. The van der Waals surface area contributed by atoms with E-state index in [-0.39, 0.29) is 23.3 Å². The molecule has 0 aliphatic carbocycles. The molecular formula is C16H22FN3O2. The summed E-state index contributed by atoms with van der Waals surface area (Å²) >= 11 is 0. The Bertz CT molecular complexity index is 564. The normalized spacial score (nSPS) is 20.6. The number of nitrogens with zero attached hydrogens (tertiary/aromatic N) is 1. The number of amides is 3. The number of urea groups is 1. The minimum absolute atomic E-state index is 0.0175. The van der Waals surface area contributed by atoms with Crippen LogP contribution in [-0.2, 0) is 11.3 Å². The monoisotopic (exact) mass is 307 g/mol. The number of hydrogen-bond acceptors (Lipinski definition) is 2. The van der Waals surface area contributed by atoms with Crippen LogP contribution in [0.1, 0.15) is 32.3 Å². The number of carbonyl (C=O) groups is 2. The van der Waals surface area contributed by atoms with Crippen molar-refractivity contribution < 1.29 is 14.0 Å². The van der Waals surface area contributed by atoms with Crippen LogP contribution < -0.4 is 10.6 Å². The number of benzene rings is 1. The minimum atomic E-state index is -0.384. The van der Waals surface area contributed by atoms with Crippen molar-refractivity contribution in [3.8, 4) is 0 Å². The Morgan fingerprint density at radius 3 is 2.86 bits per heavy atom. The molecular weight excluding hydrogens is 285 g/mol. The molecule has 1 aliphatic heterocycles. The van der Waals surface area contributed by atoms with Gasteiger partial charge in [0.15, 0.2) is 0 Å². The number of carbonyl (C=O) groups excluding carboxylic acids is 2. The van der Waals surface area contributed by atoms with Crippen LogP contribution in [0, 0.1) is 5.82 Å². The molecule has 1 aromatic rings. The molecule has 120 valence electrons. The Hall–Kier alpha value is -2.11. The van der Waals surface area contributed by atoms with Crippen molar-refractivity contribution in [2.75, 3.05) is 13.1 Å². The van der Waals surface area contributed by atoms with Gasteiger partial charge in [-0.25, -0.2) is 9.18 Å². The van der Waals surface area contributed by atoms with Crippen LogP contribution in [0.15, 0.2) is 24.3 Å². The zero-order valence-corrected chi connectivity index (χ0v) is 13.0. The lowest BCUT2D eigenvalue weighted by molar-refractivity contribution is -0.119. The van der Waals surface area contributed by atoms with E-state index in [0.29, 0.717) is 32.5 Å². The summed E-state index contributed by atoms with van der Waals surface area (Å²) in [6.07, 6.45) is 1.20. The van der Waals surface area contributed by atoms with Gasteiger partial charge in [-0.05, 0) is 38.0 Å². The van der Waals surface area contributed by atoms with E-state index in [4.69, 9.17) is 0 Å². The molecule has 2 rings (SSSR count). The third-order valence-electron chi connectivity index (χ3n) is 3.91. The zero-order chi connectivity index (χ0) is 16.2. The standard InChI is InChI=1S/C16H22FN3O2/c1-3-20(10-12-5-4-6-13(17)9-12)15(22)18-11-16(2)8-7-14(21)19-16/h4-6,9H,3,7-8,10-11H2,1-2H3,(H,18,22)(H,19,21). The molecule has 0 radical (unpaired) electrons. The molecule has 1 atom stereocenters. The van der Waals surface area contributed by atoms with E-state index < -0.39 is 0 Å². The number of rotatable bonds is 5. The van der Waals surface area contributed by atoms with Gasteiger partial charge >= 0.3 is 6.03 Å². The fourth-order valence-corrected chi connectivity index (χ4v) is 2.55. The lowest BCUT2D eigenvalue weighted by atomic mass is 10.0. The molecule has 6 heteroatoms. The molecule has 1 unspecified atom stereocenters. The van der Waals surface area contributed by atoms with Gasteiger partial charge in [-0.3, -0.25) is 4.79 Å². The Morgan fingerprint density at radius 1 is 1.50 bits per heavy atom. The van der Waals surface area contributed by atoms with E-state index in [1.165, 1.54) is 12.1 Å². The minimum Gasteiger partial charge on any atom is -0.349 e. The molecule has 1 heterocycles. The van der Waals surface area contributed by atoms with Gasteiger partial charge in [-0.15, -0.1) is 0 Å². The Balaban J connectivity index is 1.90. The number of nitrogens with one attached hydrogen (secondary N) is 2. The van der Waals surface area contributed by atoms with Gasteiger partial charge in [-0.2, -0.15) is 0 Å².